The first-order valence-corrected chi connectivity index (χ1v) is 6.10. The average Bonchev–Trinajstić information content (AvgIpc) is 2.73. The Bertz CT molecular complexity index is 653. The number of imidazole rings is 1. The Labute approximate surface area is 97.3 Å². The zero-order chi connectivity index (χ0) is 11.1. The summed E-state index contributed by atoms with van der Waals surface area (Å²) in [6.07, 6.45) is 2.06. The van der Waals surface area contributed by atoms with E-state index in [1.165, 1.54) is 10.2 Å². The van der Waals surface area contributed by atoms with Gasteiger partial charge >= 0.3 is 0 Å². The minimum Gasteiger partial charge on any atom is -0.494 e. The largest absolute Gasteiger partial charge is 0.494 e. The summed E-state index contributed by atoms with van der Waals surface area (Å²) >= 11 is 1.69. The molecular formula is C12H12N2OS. The molecule has 0 aliphatic rings. The van der Waals surface area contributed by atoms with Gasteiger partial charge in [-0.15, -0.1) is 0 Å². The number of ether oxygens (including phenoxy) is 1. The van der Waals surface area contributed by atoms with Gasteiger partial charge in [0.15, 0.2) is 4.96 Å². The monoisotopic (exact) mass is 232 g/mol. The standard InChI is InChI=1S/C12H12N2OS/c1-3-15-9-4-5-10-11(6-9)16-12-13-8(2)7-14(10)12/h4-7H,3H2,1-2H3. The molecule has 0 radical (unpaired) electrons. The van der Waals surface area contributed by atoms with Crippen LogP contribution in [0.25, 0.3) is 15.2 Å². The normalized spacial score (nSPS) is 11.4. The van der Waals surface area contributed by atoms with Crippen LogP contribution in [0.4, 0.5) is 0 Å². The van der Waals surface area contributed by atoms with Crippen molar-refractivity contribution in [3.63, 3.8) is 0 Å². The van der Waals surface area contributed by atoms with Gasteiger partial charge in [-0.1, -0.05) is 11.3 Å². The van der Waals surface area contributed by atoms with Crippen LogP contribution in [0, 0.1) is 6.92 Å². The smallest absolute Gasteiger partial charge is 0.194 e. The molecule has 2 aromatic heterocycles. The minimum atomic E-state index is 0.702. The molecule has 0 aliphatic carbocycles. The molecule has 0 amide bonds. The summed E-state index contributed by atoms with van der Waals surface area (Å²) in [5, 5.41) is 0. The molecule has 3 nitrogen and oxygen atoms in total. The number of aromatic nitrogens is 2. The zero-order valence-electron chi connectivity index (χ0n) is 9.23. The third-order valence-electron chi connectivity index (χ3n) is 2.50. The number of nitrogens with zero attached hydrogens (tertiary/aromatic N) is 2. The average molecular weight is 232 g/mol. The molecule has 4 heteroatoms. The van der Waals surface area contributed by atoms with E-state index in [0.717, 1.165) is 16.4 Å². The molecule has 3 rings (SSSR count). The van der Waals surface area contributed by atoms with Crippen molar-refractivity contribution in [3.05, 3.63) is 30.1 Å². The van der Waals surface area contributed by atoms with Crippen LogP contribution in [-0.2, 0) is 0 Å². The lowest BCUT2D eigenvalue weighted by molar-refractivity contribution is 0.341. The lowest BCUT2D eigenvalue weighted by Gasteiger charge is -2.01. The number of hydrogen-bond donors (Lipinski definition) is 0. The molecule has 0 bridgehead atoms. The summed E-state index contributed by atoms with van der Waals surface area (Å²) in [6, 6.07) is 6.17. The maximum Gasteiger partial charge on any atom is 0.194 e. The molecule has 0 aliphatic heterocycles. The Hall–Kier alpha value is -1.55. The lowest BCUT2D eigenvalue weighted by Crippen LogP contribution is -1.90. The second-order valence-electron chi connectivity index (χ2n) is 3.70. The first-order valence-electron chi connectivity index (χ1n) is 5.29. The van der Waals surface area contributed by atoms with Crippen molar-refractivity contribution < 1.29 is 4.74 Å². The highest BCUT2D eigenvalue weighted by atomic mass is 32.1. The predicted octanol–water partition coefficient (Wildman–Crippen LogP) is 3.26. The fourth-order valence-corrected chi connectivity index (χ4v) is 2.93. The molecule has 82 valence electrons. The van der Waals surface area contributed by atoms with Gasteiger partial charge in [-0.3, -0.25) is 4.40 Å². The molecule has 0 spiro atoms. The van der Waals surface area contributed by atoms with Crippen LogP contribution in [0.2, 0.25) is 0 Å². The summed E-state index contributed by atoms with van der Waals surface area (Å²) in [5.74, 6) is 0.927. The van der Waals surface area contributed by atoms with E-state index < -0.39 is 0 Å². The van der Waals surface area contributed by atoms with E-state index in [-0.39, 0.29) is 0 Å². The highest BCUT2D eigenvalue weighted by Crippen LogP contribution is 2.29. The van der Waals surface area contributed by atoms with Crippen molar-refractivity contribution in [2.24, 2.45) is 0 Å². The van der Waals surface area contributed by atoms with E-state index in [1.807, 2.05) is 19.9 Å². The van der Waals surface area contributed by atoms with E-state index in [0.29, 0.717) is 6.61 Å². The molecule has 0 saturated carbocycles. The van der Waals surface area contributed by atoms with Crippen molar-refractivity contribution in [2.75, 3.05) is 6.61 Å². The van der Waals surface area contributed by atoms with Crippen molar-refractivity contribution in [1.29, 1.82) is 0 Å². The number of benzene rings is 1. The number of fused-ring (bicyclic) bond motifs is 3. The fourth-order valence-electron chi connectivity index (χ4n) is 1.85. The molecule has 0 N–H and O–H groups in total. The maximum absolute atomic E-state index is 5.49. The predicted molar refractivity (Wildman–Crippen MR) is 66.5 cm³/mol. The minimum absolute atomic E-state index is 0.702. The van der Waals surface area contributed by atoms with Crippen LogP contribution in [-0.4, -0.2) is 16.0 Å². The van der Waals surface area contributed by atoms with E-state index >= 15 is 0 Å². The number of aryl methyl sites for hydroxylation is 1. The van der Waals surface area contributed by atoms with Gasteiger partial charge < -0.3 is 4.74 Å². The fraction of sp³-hybridized carbons (Fsp3) is 0.250. The molecular weight excluding hydrogens is 220 g/mol. The van der Waals surface area contributed by atoms with Crippen molar-refractivity contribution in [1.82, 2.24) is 9.38 Å². The topological polar surface area (TPSA) is 26.5 Å². The molecule has 0 unspecified atom stereocenters. The third kappa shape index (κ3) is 1.38. The van der Waals surface area contributed by atoms with Crippen LogP contribution in [0.3, 0.4) is 0 Å². The van der Waals surface area contributed by atoms with E-state index in [1.54, 1.807) is 11.3 Å². The molecule has 3 aromatic rings. The molecule has 0 saturated heterocycles. The lowest BCUT2D eigenvalue weighted by atomic mass is 10.3. The third-order valence-corrected chi connectivity index (χ3v) is 3.51. The van der Waals surface area contributed by atoms with Crippen LogP contribution in [0.5, 0.6) is 5.75 Å². The van der Waals surface area contributed by atoms with Crippen LogP contribution >= 0.6 is 11.3 Å². The summed E-state index contributed by atoms with van der Waals surface area (Å²) in [4.78, 5) is 5.51. The van der Waals surface area contributed by atoms with Crippen LogP contribution in [0.15, 0.2) is 24.4 Å². The van der Waals surface area contributed by atoms with Crippen LogP contribution in [0.1, 0.15) is 12.6 Å². The second kappa shape index (κ2) is 3.49. The Balaban J connectivity index is 2.25. The number of thiazole rings is 1. The molecule has 0 fully saturated rings. The van der Waals surface area contributed by atoms with Crippen molar-refractivity contribution in [3.8, 4) is 5.75 Å². The van der Waals surface area contributed by atoms with E-state index in [2.05, 4.69) is 27.7 Å². The summed E-state index contributed by atoms with van der Waals surface area (Å²) in [6.45, 7) is 4.71. The Morgan fingerprint density at radius 1 is 1.44 bits per heavy atom. The summed E-state index contributed by atoms with van der Waals surface area (Å²) < 4.78 is 8.83. The SMILES string of the molecule is CCOc1ccc2c(c1)sc1nc(C)cn12. The first-order chi connectivity index (χ1) is 7.78. The quantitative estimate of drug-likeness (QED) is 0.678. The van der Waals surface area contributed by atoms with E-state index in [9.17, 15) is 0 Å². The maximum atomic E-state index is 5.49. The van der Waals surface area contributed by atoms with Gasteiger partial charge in [0.1, 0.15) is 5.75 Å². The zero-order valence-corrected chi connectivity index (χ0v) is 10.0. The van der Waals surface area contributed by atoms with Crippen molar-refractivity contribution >= 4 is 26.5 Å². The van der Waals surface area contributed by atoms with Gasteiger partial charge in [-0.25, -0.2) is 4.98 Å². The van der Waals surface area contributed by atoms with Gasteiger partial charge in [0, 0.05) is 6.20 Å². The molecule has 0 atom stereocenters. The van der Waals surface area contributed by atoms with Gasteiger partial charge in [0.25, 0.3) is 0 Å². The molecule has 1 aromatic carbocycles. The Morgan fingerprint density at radius 3 is 3.12 bits per heavy atom. The summed E-state index contributed by atoms with van der Waals surface area (Å²) in [5.41, 5.74) is 2.26. The van der Waals surface area contributed by atoms with E-state index in [4.69, 9.17) is 4.74 Å². The van der Waals surface area contributed by atoms with Crippen molar-refractivity contribution in [2.45, 2.75) is 13.8 Å². The Kier molecular flexibility index (Phi) is 2.11. The second-order valence-corrected chi connectivity index (χ2v) is 4.71. The van der Waals surface area contributed by atoms with Gasteiger partial charge in [-0.05, 0) is 32.0 Å². The van der Waals surface area contributed by atoms with Gasteiger partial charge in [0.2, 0.25) is 0 Å². The van der Waals surface area contributed by atoms with Gasteiger partial charge in [0.05, 0.1) is 22.5 Å². The summed E-state index contributed by atoms with van der Waals surface area (Å²) in [7, 11) is 0. The number of rotatable bonds is 2. The van der Waals surface area contributed by atoms with Gasteiger partial charge in [-0.2, -0.15) is 0 Å². The number of hydrogen-bond acceptors (Lipinski definition) is 3. The Morgan fingerprint density at radius 2 is 2.31 bits per heavy atom. The highest BCUT2D eigenvalue weighted by Gasteiger charge is 2.07. The molecule has 16 heavy (non-hydrogen) atoms. The molecule has 2 heterocycles. The highest BCUT2D eigenvalue weighted by molar-refractivity contribution is 7.23. The first kappa shape index (κ1) is 9.66. The van der Waals surface area contributed by atoms with Crippen LogP contribution < -0.4 is 4.74 Å².